The molecule has 0 unspecified atom stereocenters. The Morgan fingerprint density at radius 1 is 1.21 bits per heavy atom. The molecule has 4 heteroatoms. The number of nitrogens with one attached hydrogen (secondary N) is 1. The molecule has 3 nitrogen and oxygen atoms in total. The monoisotopic (exact) mass is 278 g/mol. The normalized spacial score (nSPS) is 10.2. The fraction of sp³-hybridized carbons (Fsp3) is 0.467. The van der Waals surface area contributed by atoms with E-state index in [1.165, 1.54) is 11.1 Å². The zero-order valence-electron chi connectivity index (χ0n) is 11.4. The Labute approximate surface area is 120 Å². The highest BCUT2D eigenvalue weighted by Crippen LogP contribution is 2.05. The molecular formula is C15H22N2OS. The minimum atomic E-state index is 0.107. The molecule has 1 aromatic carbocycles. The summed E-state index contributed by atoms with van der Waals surface area (Å²) in [5.74, 6) is 0.107. The van der Waals surface area contributed by atoms with Gasteiger partial charge in [-0.2, -0.15) is 0 Å². The van der Waals surface area contributed by atoms with E-state index in [9.17, 15) is 4.79 Å². The zero-order valence-corrected chi connectivity index (χ0v) is 12.3. The maximum atomic E-state index is 11.6. The van der Waals surface area contributed by atoms with Gasteiger partial charge in [-0.15, -0.1) is 0 Å². The van der Waals surface area contributed by atoms with E-state index in [1.54, 1.807) is 0 Å². The molecule has 0 heterocycles. The summed E-state index contributed by atoms with van der Waals surface area (Å²) in [5, 5.41) is 2.91. The molecule has 0 spiro atoms. The van der Waals surface area contributed by atoms with Crippen LogP contribution in [0.4, 0.5) is 0 Å². The predicted octanol–water partition coefficient (Wildman–Crippen LogP) is 2.50. The van der Waals surface area contributed by atoms with Gasteiger partial charge in [-0.3, -0.25) is 4.79 Å². The Morgan fingerprint density at radius 3 is 2.53 bits per heavy atom. The second-order valence-electron chi connectivity index (χ2n) is 4.76. The van der Waals surface area contributed by atoms with Crippen LogP contribution in [-0.4, -0.2) is 17.4 Å². The average Bonchev–Trinajstić information content (AvgIpc) is 2.37. The van der Waals surface area contributed by atoms with Gasteiger partial charge in [0.15, 0.2) is 0 Å². The highest BCUT2D eigenvalue weighted by molar-refractivity contribution is 7.80. The molecule has 19 heavy (non-hydrogen) atoms. The van der Waals surface area contributed by atoms with E-state index in [0.717, 1.165) is 25.7 Å². The van der Waals surface area contributed by atoms with Crippen molar-refractivity contribution in [2.24, 2.45) is 5.73 Å². The van der Waals surface area contributed by atoms with Crippen LogP contribution in [0.1, 0.15) is 36.8 Å². The first-order valence-electron chi connectivity index (χ1n) is 6.68. The molecule has 1 amide bonds. The third kappa shape index (κ3) is 7.57. The van der Waals surface area contributed by atoms with E-state index in [0.29, 0.717) is 18.0 Å². The Balaban J connectivity index is 2.11. The molecular weight excluding hydrogens is 256 g/mol. The molecule has 0 saturated carbocycles. The summed E-state index contributed by atoms with van der Waals surface area (Å²) in [5.41, 5.74) is 7.85. The third-order valence-electron chi connectivity index (χ3n) is 2.93. The van der Waals surface area contributed by atoms with Crippen molar-refractivity contribution in [2.45, 2.75) is 39.0 Å². The van der Waals surface area contributed by atoms with Gasteiger partial charge in [0.25, 0.3) is 0 Å². The highest BCUT2D eigenvalue weighted by atomic mass is 32.1. The number of hydrogen-bond acceptors (Lipinski definition) is 2. The summed E-state index contributed by atoms with van der Waals surface area (Å²) in [6, 6.07) is 8.29. The molecule has 0 aliphatic rings. The first-order chi connectivity index (χ1) is 9.08. The second-order valence-corrected chi connectivity index (χ2v) is 5.28. The molecule has 0 bridgehead atoms. The molecule has 1 rings (SSSR count). The van der Waals surface area contributed by atoms with Gasteiger partial charge in [0.05, 0.1) is 4.99 Å². The number of unbranched alkanes of at least 4 members (excludes halogenated alkanes) is 1. The number of carbonyl (C=O) groups is 1. The van der Waals surface area contributed by atoms with E-state index in [2.05, 4.69) is 36.5 Å². The van der Waals surface area contributed by atoms with Gasteiger partial charge < -0.3 is 11.1 Å². The number of aryl methyl sites for hydroxylation is 2. The second kappa shape index (κ2) is 8.64. The van der Waals surface area contributed by atoms with Crippen molar-refractivity contribution in [1.82, 2.24) is 5.32 Å². The number of rotatable bonds is 8. The summed E-state index contributed by atoms with van der Waals surface area (Å²) in [4.78, 5) is 12.2. The Morgan fingerprint density at radius 2 is 1.89 bits per heavy atom. The number of amides is 1. The van der Waals surface area contributed by atoms with Crippen molar-refractivity contribution in [1.29, 1.82) is 0 Å². The third-order valence-corrected chi connectivity index (χ3v) is 3.14. The van der Waals surface area contributed by atoms with E-state index in [4.69, 9.17) is 18.0 Å². The fourth-order valence-electron chi connectivity index (χ4n) is 1.75. The highest BCUT2D eigenvalue weighted by Gasteiger charge is 2.01. The van der Waals surface area contributed by atoms with E-state index in [-0.39, 0.29) is 5.91 Å². The largest absolute Gasteiger partial charge is 0.393 e. The first-order valence-corrected chi connectivity index (χ1v) is 7.09. The van der Waals surface area contributed by atoms with Crippen LogP contribution in [0.25, 0.3) is 0 Å². The maximum absolute atomic E-state index is 11.6. The SMILES string of the molecule is Cc1ccc(CCC(=O)NCCCCC(N)=S)cc1. The van der Waals surface area contributed by atoms with Gasteiger partial charge in [-0.05, 0) is 38.2 Å². The predicted molar refractivity (Wildman–Crippen MR) is 83.1 cm³/mol. The van der Waals surface area contributed by atoms with Crippen LogP contribution >= 0.6 is 12.2 Å². The average molecular weight is 278 g/mol. The van der Waals surface area contributed by atoms with Gasteiger partial charge in [0.1, 0.15) is 0 Å². The van der Waals surface area contributed by atoms with Crippen LogP contribution in [0.3, 0.4) is 0 Å². The molecule has 104 valence electrons. The number of carbonyl (C=O) groups excluding carboxylic acids is 1. The van der Waals surface area contributed by atoms with Gasteiger partial charge in [-0.1, -0.05) is 42.0 Å². The molecule has 3 N–H and O–H groups in total. The summed E-state index contributed by atoms with van der Waals surface area (Å²) in [6.45, 7) is 2.76. The van der Waals surface area contributed by atoms with E-state index >= 15 is 0 Å². The van der Waals surface area contributed by atoms with Gasteiger partial charge >= 0.3 is 0 Å². The van der Waals surface area contributed by atoms with Gasteiger partial charge in [0, 0.05) is 13.0 Å². The van der Waals surface area contributed by atoms with Crippen LogP contribution in [0.2, 0.25) is 0 Å². The molecule has 0 atom stereocenters. The summed E-state index contributed by atoms with van der Waals surface area (Å²) < 4.78 is 0. The molecule has 0 fully saturated rings. The molecule has 0 aliphatic heterocycles. The zero-order chi connectivity index (χ0) is 14.1. The molecule has 0 saturated heterocycles. The Hall–Kier alpha value is -1.42. The number of benzene rings is 1. The van der Waals surface area contributed by atoms with Crippen LogP contribution in [0.5, 0.6) is 0 Å². The van der Waals surface area contributed by atoms with Crippen LogP contribution in [0.15, 0.2) is 24.3 Å². The molecule has 0 aromatic heterocycles. The van der Waals surface area contributed by atoms with Crippen molar-refractivity contribution < 1.29 is 4.79 Å². The lowest BCUT2D eigenvalue weighted by Gasteiger charge is -2.05. The smallest absolute Gasteiger partial charge is 0.220 e. The quantitative estimate of drug-likeness (QED) is 0.567. The maximum Gasteiger partial charge on any atom is 0.220 e. The lowest BCUT2D eigenvalue weighted by molar-refractivity contribution is -0.121. The van der Waals surface area contributed by atoms with Crippen LogP contribution in [0, 0.1) is 6.92 Å². The van der Waals surface area contributed by atoms with Crippen molar-refractivity contribution >= 4 is 23.1 Å². The lowest BCUT2D eigenvalue weighted by atomic mass is 10.1. The van der Waals surface area contributed by atoms with E-state index in [1.807, 2.05) is 0 Å². The molecule has 0 radical (unpaired) electrons. The minimum Gasteiger partial charge on any atom is -0.393 e. The van der Waals surface area contributed by atoms with Crippen molar-refractivity contribution in [2.75, 3.05) is 6.54 Å². The Bertz CT molecular complexity index is 415. The van der Waals surface area contributed by atoms with Crippen LogP contribution < -0.4 is 11.1 Å². The molecule has 0 aliphatic carbocycles. The lowest BCUT2D eigenvalue weighted by Crippen LogP contribution is -2.24. The van der Waals surface area contributed by atoms with Crippen molar-refractivity contribution in [3.8, 4) is 0 Å². The Kier molecular flexibility index (Phi) is 7.11. The standard InChI is InChI=1S/C15H22N2OS/c1-12-5-7-13(8-6-12)9-10-15(18)17-11-3-2-4-14(16)19/h5-8H,2-4,9-11H2,1H3,(H2,16,19)(H,17,18). The van der Waals surface area contributed by atoms with Crippen LogP contribution in [-0.2, 0) is 11.2 Å². The number of nitrogens with two attached hydrogens (primary N) is 1. The fourth-order valence-corrected chi connectivity index (χ4v) is 1.90. The van der Waals surface area contributed by atoms with Gasteiger partial charge in [-0.25, -0.2) is 0 Å². The number of thiocarbonyl (C=S) groups is 1. The van der Waals surface area contributed by atoms with Crippen molar-refractivity contribution in [3.63, 3.8) is 0 Å². The topological polar surface area (TPSA) is 55.1 Å². The van der Waals surface area contributed by atoms with Gasteiger partial charge in [0.2, 0.25) is 5.91 Å². The van der Waals surface area contributed by atoms with E-state index < -0.39 is 0 Å². The number of hydrogen-bond donors (Lipinski definition) is 2. The molecule has 1 aromatic rings. The minimum absolute atomic E-state index is 0.107. The summed E-state index contributed by atoms with van der Waals surface area (Å²) >= 11 is 4.79. The first kappa shape index (κ1) is 15.6. The summed E-state index contributed by atoms with van der Waals surface area (Å²) in [6.07, 6.45) is 3.95. The van der Waals surface area contributed by atoms with Crippen molar-refractivity contribution in [3.05, 3.63) is 35.4 Å². The summed E-state index contributed by atoms with van der Waals surface area (Å²) in [7, 11) is 0.